The third-order valence-electron chi connectivity index (χ3n) is 4.63. The normalized spacial score (nSPS) is 42.3. The topological polar surface area (TPSA) is 55.7 Å². The van der Waals surface area contributed by atoms with E-state index < -0.39 is 12.2 Å². The maximum Gasteiger partial charge on any atom is 0.0938 e. The molecule has 0 amide bonds. The number of aliphatic hydroxyl groups excluding tert-OH is 2. The van der Waals surface area contributed by atoms with Gasteiger partial charge in [0, 0.05) is 26.2 Å². The van der Waals surface area contributed by atoms with Crippen molar-refractivity contribution in [2.75, 3.05) is 33.2 Å². The van der Waals surface area contributed by atoms with Gasteiger partial charge in [0.05, 0.1) is 12.2 Å². The van der Waals surface area contributed by atoms with Gasteiger partial charge in [-0.05, 0) is 31.2 Å². The number of hydrogen-bond acceptors (Lipinski definition) is 4. The lowest BCUT2D eigenvalue weighted by atomic mass is 9.69. The SMILES string of the molecule is CNCC1(CN2CC(O)C(O)C2)CCCC(C)C1. The molecule has 1 aliphatic carbocycles. The summed E-state index contributed by atoms with van der Waals surface area (Å²) in [6.07, 6.45) is 4.06. The predicted octanol–water partition coefficient (Wildman–Crippen LogP) is 0.440. The number of rotatable bonds is 4. The van der Waals surface area contributed by atoms with Crippen LogP contribution in [0.5, 0.6) is 0 Å². The van der Waals surface area contributed by atoms with Crippen LogP contribution in [-0.2, 0) is 0 Å². The molecule has 1 aliphatic heterocycles. The zero-order valence-corrected chi connectivity index (χ0v) is 11.7. The molecule has 0 aromatic rings. The average molecular weight is 256 g/mol. The molecule has 4 nitrogen and oxygen atoms in total. The Morgan fingerprint density at radius 2 is 1.94 bits per heavy atom. The van der Waals surface area contributed by atoms with Gasteiger partial charge in [0.15, 0.2) is 0 Å². The molecule has 4 atom stereocenters. The molecule has 1 saturated carbocycles. The van der Waals surface area contributed by atoms with E-state index in [1.807, 2.05) is 7.05 Å². The summed E-state index contributed by atoms with van der Waals surface area (Å²) in [5.74, 6) is 0.796. The number of β-amino-alcohol motifs (C(OH)–C–C–N with tert-alkyl or cyclic N) is 2. The first kappa shape index (κ1) is 14.3. The third-order valence-corrected chi connectivity index (χ3v) is 4.63. The van der Waals surface area contributed by atoms with Crippen LogP contribution in [0.25, 0.3) is 0 Å². The number of hydrogen-bond donors (Lipinski definition) is 3. The minimum atomic E-state index is -0.558. The number of nitrogens with zero attached hydrogens (tertiary/aromatic N) is 1. The molecule has 0 aromatic heterocycles. The minimum Gasteiger partial charge on any atom is -0.389 e. The van der Waals surface area contributed by atoms with Crippen LogP contribution >= 0.6 is 0 Å². The quantitative estimate of drug-likeness (QED) is 0.683. The van der Waals surface area contributed by atoms with E-state index in [9.17, 15) is 10.2 Å². The van der Waals surface area contributed by atoms with E-state index >= 15 is 0 Å². The summed E-state index contributed by atoms with van der Waals surface area (Å²) < 4.78 is 0. The fourth-order valence-electron chi connectivity index (χ4n) is 3.95. The maximum atomic E-state index is 9.66. The lowest BCUT2D eigenvalue weighted by Gasteiger charge is -2.42. The Morgan fingerprint density at radius 3 is 2.50 bits per heavy atom. The highest BCUT2D eigenvalue weighted by atomic mass is 16.3. The number of likely N-dealkylation sites (tertiary alicyclic amines) is 1. The van der Waals surface area contributed by atoms with Gasteiger partial charge in [-0.15, -0.1) is 0 Å². The first-order chi connectivity index (χ1) is 8.54. The van der Waals surface area contributed by atoms with Crippen molar-refractivity contribution in [3.8, 4) is 0 Å². The van der Waals surface area contributed by atoms with Gasteiger partial charge in [-0.3, -0.25) is 4.90 Å². The van der Waals surface area contributed by atoms with Gasteiger partial charge in [-0.2, -0.15) is 0 Å². The molecule has 18 heavy (non-hydrogen) atoms. The van der Waals surface area contributed by atoms with Crippen molar-refractivity contribution in [3.05, 3.63) is 0 Å². The number of nitrogens with one attached hydrogen (secondary N) is 1. The first-order valence-electron chi connectivity index (χ1n) is 7.28. The highest BCUT2D eigenvalue weighted by molar-refractivity contribution is 4.93. The van der Waals surface area contributed by atoms with Crippen LogP contribution in [0.4, 0.5) is 0 Å². The number of aliphatic hydroxyl groups is 2. The summed E-state index contributed by atoms with van der Waals surface area (Å²) in [6.45, 7) is 5.64. The third kappa shape index (κ3) is 3.23. The standard InChI is InChI=1S/C14H28N2O2/c1-11-4-3-5-14(6-11,9-15-2)10-16-7-12(17)13(18)8-16/h11-13,15,17-18H,3-10H2,1-2H3. The first-order valence-corrected chi connectivity index (χ1v) is 7.28. The highest BCUT2D eigenvalue weighted by Gasteiger charge is 2.39. The van der Waals surface area contributed by atoms with E-state index in [1.54, 1.807) is 0 Å². The Kier molecular flexibility index (Phi) is 4.64. The van der Waals surface area contributed by atoms with Gasteiger partial charge < -0.3 is 15.5 Å². The zero-order chi connectivity index (χ0) is 13.2. The van der Waals surface area contributed by atoms with Gasteiger partial charge in [0.1, 0.15) is 0 Å². The zero-order valence-electron chi connectivity index (χ0n) is 11.7. The molecule has 0 radical (unpaired) electrons. The highest BCUT2D eigenvalue weighted by Crippen LogP contribution is 2.40. The Balaban J connectivity index is 1.97. The summed E-state index contributed by atoms with van der Waals surface area (Å²) in [5.41, 5.74) is 0.330. The molecule has 3 N–H and O–H groups in total. The molecule has 2 aliphatic rings. The molecule has 0 spiro atoms. The van der Waals surface area contributed by atoms with Gasteiger partial charge in [0.2, 0.25) is 0 Å². The Labute approximate surface area is 110 Å². The van der Waals surface area contributed by atoms with E-state index in [4.69, 9.17) is 0 Å². The average Bonchev–Trinajstić information content (AvgIpc) is 2.57. The summed E-state index contributed by atoms with van der Waals surface area (Å²) in [4.78, 5) is 2.24. The molecule has 2 fully saturated rings. The van der Waals surface area contributed by atoms with Crippen LogP contribution < -0.4 is 5.32 Å². The van der Waals surface area contributed by atoms with Crippen molar-refractivity contribution in [2.45, 2.75) is 44.8 Å². The van der Waals surface area contributed by atoms with E-state index in [-0.39, 0.29) is 0 Å². The fraction of sp³-hybridized carbons (Fsp3) is 1.00. The fourth-order valence-corrected chi connectivity index (χ4v) is 3.95. The monoisotopic (exact) mass is 256 g/mol. The van der Waals surface area contributed by atoms with Crippen molar-refractivity contribution < 1.29 is 10.2 Å². The second kappa shape index (κ2) is 5.87. The molecular formula is C14H28N2O2. The molecule has 106 valence electrons. The van der Waals surface area contributed by atoms with Gasteiger partial charge in [0.25, 0.3) is 0 Å². The summed E-state index contributed by atoms with van der Waals surface area (Å²) >= 11 is 0. The van der Waals surface area contributed by atoms with Crippen molar-refractivity contribution in [3.63, 3.8) is 0 Å². The van der Waals surface area contributed by atoms with Crippen molar-refractivity contribution >= 4 is 0 Å². The molecule has 0 aromatic carbocycles. The van der Waals surface area contributed by atoms with Crippen LogP contribution in [0.15, 0.2) is 0 Å². The van der Waals surface area contributed by atoms with Crippen LogP contribution in [0, 0.1) is 11.3 Å². The summed E-state index contributed by atoms with van der Waals surface area (Å²) in [5, 5.41) is 22.7. The summed E-state index contributed by atoms with van der Waals surface area (Å²) in [6, 6.07) is 0. The van der Waals surface area contributed by atoms with Crippen molar-refractivity contribution in [1.82, 2.24) is 10.2 Å². The van der Waals surface area contributed by atoms with Gasteiger partial charge in [-0.1, -0.05) is 19.8 Å². The minimum absolute atomic E-state index is 0.330. The van der Waals surface area contributed by atoms with Gasteiger partial charge >= 0.3 is 0 Å². The Hall–Kier alpha value is -0.160. The van der Waals surface area contributed by atoms with Gasteiger partial charge in [-0.25, -0.2) is 0 Å². The van der Waals surface area contributed by atoms with Crippen LogP contribution in [0.3, 0.4) is 0 Å². The second-order valence-electron chi connectivity index (χ2n) is 6.56. The molecule has 2 rings (SSSR count). The summed E-state index contributed by atoms with van der Waals surface area (Å²) in [7, 11) is 2.02. The van der Waals surface area contributed by atoms with Crippen LogP contribution in [0.1, 0.15) is 32.6 Å². The second-order valence-corrected chi connectivity index (χ2v) is 6.56. The predicted molar refractivity (Wildman–Crippen MR) is 72.4 cm³/mol. The van der Waals surface area contributed by atoms with Crippen molar-refractivity contribution in [1.29, 1.82) is 0 Å². The Bertz CT molecular complexity index is 261. The largest absolute Gasteiger partial charge is 0.389 e. The lowest BCUT2D eigenvalue weighted by molar-refractivity contribution is 0.0572. The molecule has 0 bridgehead atoms. The molecule has 1 heterocycles. The Morgan fingerprint density at radius 1 is 1.28 bits per heavy atom. The molecule has 1 saturated heterocycles. The molecule has 4 heteroatoms. The maximum absolute atomic E-state index is 9.66. The molecular weight excluding hydrogens is 228 g/mol. The van der Waals surface area contributed by atoms with Crippen molar-refractivity contribution in [2.24, 2.45) is 11.3 Å². The van der Waals surface area contributed by atoms with Crippen LogP contribution in [0.2, 0.25) is 0 Å². The van der Waals surface area contributed by atoms with E-state index in [0.29, 0.717) is 18.5 Å². The smallest absolute Gasteiger partial charge is 0.0938 e. The van der Waals surface area contributed by atoms with E-state index in [1.165, 1.54) is 25.7 Å². The van der Waals surface area contributed by atoms with Crippen LogP contribution in [-0.4, -0.2) is 60.5 Å². The van der Waals surface area contributed by atoms with E-state index in [0.717, 1.165) is 19.0 Å². The van der Waals surface area contributed by atoms with E-state index in [2.05, 4.69) is 17.1 Å². The lowest BCUT2D eigenvalue weighted by Crippen LogP contribution is -2.45. The molecule has 4 unspecified atom stereocenters.